The van der Waals surface area contributed by atoms with Crippen molar-refractivity contribution in [1.29, 1.82) is 5.26 Å². The fourth-order valence-corrected chi connectivity index (χ4v) is 2.46. The molecule has 118 valence electrons. The quantitative estimate of drug-likeness (QED) is 0.864. The average molecular weight is 295 g/mol. The Kier molecular flexibility index (Phi) is 6.01. The smallest absolute Gasteiger partial charge is 0.407 e. The Bertz CT molecular complexity index is 423. The molecular formula is C15H25N3O3. The van der Waals surface area contributed by atoms with Crippen LogP contribution in [0.1, 0.15) is 47.0 Å². The third-order valence-electron chi connectivity index (χ3n) is 3.41. The number of hydrogen-bond acceptors (Lipinski definition) is 4. The topological polar surface area (TPSA) is 82.4 Å². The second-order valence-electron chi connectivity index (χ2n) is 6.59. The summed E-state index contributed by atoms with van der Waals surface area (Å²) in [4.78, 5) is 25.4. The highest BCUT2D eigenvalue weighted by molar-refractivity contribution is 5.78. The van der Waals surface area contributed by atoms with Gasteiger partial charge >= 0.3 is 6.09 Å². The van der Waals surface area contributed by atoms with E-state index in [1.54, 1.807) is 25.7 Å². The molecule has 1 N–H and O–H groups in total. The van der Waals surface area contributed by atoms with Gasteiger partial charge in [-0.05, 0) is 39.5 Å². The second kappa shape index (κ2) is 7.30. The van der Waals surface area contributed by atoms with Gasteiger partial charge in [0, 0.05) is 19.1 Å². The van der Waals surface area contributed by atoms with Crippen molar-refractivity contribution in [3.63, 3.8) is 0 Å². The molecule has 6 nitrogen and oxygen atoms in total. The van der Waals surface area contributed by atoms with Gasteiger partial charge in [0.25, 0.3) is 0 Å². The maximum Gasteiger partial charge on any atom is 0.407 e. The molecule has 0 saturated carbocycles. The monoisotopic (exact) mass is 295 g/mol. The van der Waals surface area contributed by atoms with Crippen LogP contribution in [0.15, 0.2) is 0 Å². The van der Waals surface area contributed by atoms with Gasteiger partial charge in [0.2, 0.25) is 5.91 Å². The van der Waals surface area contributed by atoms with E-state index in [4.69, 9.17) is 10.00 Å². The number of nitrogens with zero attached hydrogens (tertiary/aromatic N) is 2. The van der Waals surface area contributed by atoms with Crippen molar-refractivity contribution in [2.75, 3.05) is 13.1 Å². The summed E-state index contributed by atoms with van der Waals surface area (Å²) in [6.07, 6.45) is 1.16. The number of ether oxygens (including phenoxy) is 1. The van der Waals surface area contributed by atoms with Gasteiger partial charge < -0.3 is 15.0 Å². The fraction of sp³-hybridized carbons (Fsp3) is 0.800. The molecule has 1 rings (SSSR count). The van der Waals surface area contributed by atoms with Crippen LogP contribution in [-0.2, 0) is 9.53 Å². The molecular weight excluding hydrogens is 270 g/mol. The van der Waals surface area contributed by atoms with E-state index in [9.17, 15) is 9.59 Å². The molecule has 1 aliphatic rings. The Morgan fingerprint density at radius 2 is 2.10 bits per heavy atom. The third-order valence-corrected chi connectivity index (χ3v) is 3.41. The van der Waals surface area contributed by atoms with Gasteiger partial charge in [0.05, 0.1) is 6.07 Å². The highest BCUT2D eigenvalue weighted by atomic mass is 16.6. The predicted molar refractivity (Wildman–Crippen MR) is 78.4 cm³/mol. The molecule has 6 heteroatoms. The molecule has 1 saturated heterocycles. The minimum absolute atomic E-state index is 0.0675. The van der Waals surface area contributed by atoms with Crippen LogP contribution in [0, 0.1) is 17.2 Å². The number of carbonyl (C=O) groups is 2. The molecule has 0 aliphatic carbocycles. The Hall–Kier alpha value is -1.77. The Morgan fingerprint density at radius 3 is 2.67 bits per heavy atom. The van der Waals surface area contributed by atoms with Gasteiger partial charge in [-0.3, -0.25) is 4.79 Å². The molecule has 0 radical (unpaired) electrons. The molecule has 1 fully saturated rings. The van der Waals surface area contributed by atoms with Gasteiger partial charge in [-0.25, -0.2) is 4.79 Å². The summed E-state index contributed by atoms with van der Waals surface area (Å²) >= 11 is 0. The van der Waals surface area contributed by atoms with E-state index >= 15 is 0 Å². The zero-order chi connectivity index (χ0) is 16.0. The van der Waals surface area contributed by atoms with E-state index in [1.807, 2.05) is 6.07 Å². The number of nitriles is 1. The summed E-state index contributed by atoms with van der Waals surface area (Å²) in [5.41, 5.74) is -0.541. The predicted octanol–water partition coefficient (Wildman–Crippen LogP) is 2.05. The molecule has 2 atom stereocenters. The lowest BCUT2D eigenvalue weighted by Gasteiger charge is -2.38. The summed E-state index contributed by atoms with van der Waals surface area (Å²) < 4.78 is 5.19. The lowest BCUT2D eigenvalue weighted by atomic mass is 9.92. The maximum absolute atomic E-state index is 11.9. The Balaban J connectivity index is 2.57. The largest absolute Gasteiger partial charge is 0.444 e. The molecule has 21 heavy (non-hydrogen) atoms. The first kappa shape index (κ1) is 17.3. The standard InChI is InChI=1S/C15H25N3O3/c1-11-6-8-18(13(19)5-7-16)12(9-11)10-17-14(20)21-15(2,3)4/h11-12H,5-6,8-10H2,1-4H3,(H,17,20). The van der Waals surface area contributed by atoms with E-state index in [1.165, 1.54) is 0 Å². The molecule has 1 aliphatic heterocycles. The summed E-state index contributed by atoms with van der Waals surface area (Å²) in [6.45, 7) is 8.54. The number of nitrogens with one attached hydrogen (secondary N) is 1. The van der Waals surface area contributed by atoms with Gasteiger partial charge in [-0.15, -0.1) is 0 Å². The Morgan fingerprint density at radius 1 is 1.43 bits per heavy atom. The van der Waals surface area contributed by atoms with Crippen LogP contribution < -0.4 is 5.32 Å². The fourth-order valence-electron chi connectivity index (χ4n) is 2.46. The van der Waals surface area contributed by atoms with E-state index in [0.717, 1.165) is 12.8 Å². The van der Waals surface area contributed by atoms with Crippen LogP contribution in [-0.4, -0.2) is 41.6 Å². The number of piperidine rings is 1. The van der Waals surface area contributed by atoms with E-state index < -0.39 is 11.7 Å². The first-order valence-electron chi connectivity index (χ1n) is 7.36. The van der Waals surface area contributed by atoms with E-state index in [2.05, 4.69) is 12.2 Å². The minimum atomic E-state index is -0.541. The van der Waals surface area contributed by atoms with Crippen LogP contribution >= 0.6 is 0 Å². The van der Waals surface area contributed by atoms with Crippen molar-refractivity contribution in [2.45, 2.75) is 58.6 Å². The molecule has 2 amide bonds. The minimum Gasteiger partial charge on any atom is -0.444 e. The van der Waals surface area contributed by atoms with Crippen molar-refractivity contribution >= 4 is 12.0 Å². The van der Waals surface area contributed by atoms with Gasteiger partial charge in [0.1, 0.15) is 12.0 Å². The molecule has 0 spiro atoms. The van der Waals surface area contributed by atoms with Crippen molar-refractivity contribution < 1.29 is 14.3 Å². The zero-order valence-electron chi connectivity index (χ0n) is 13.3. The van der Waals surface area contributed by atoms with E-state index in [-0.39, 0.29) is 18.4 Å². The third kappa shape index (κ3) is 6.03. The lowest BCUT2D eigenvalue weighted by molar-refractivity contribution is -0.134. The normalized spacial score (nSPS) is 22.3. The van der Waals surface area contributed by atoms with Gasteiger partial charge in [-0.1, -0.05) is 6.92 Å². The van der Waals surface area contributed by atoms with Crippen LogP contribution in [0.3, 0.4) is 0 Å². The SMILES string of the molecule is CC1CCN(C(=O)CC#N)C(CNC(=O)OC(C)(C)C)C1. The molecule has 1 heterocycles. The van der Waals surface area contributed by atoms with Crippen molar-refractivity contribution in [3.8, 4) is 6.07 Å². The van der Waals surface area contributed by atoms with Crippen LogP contribution in [0.2, 0.25) is 0 Å². The first-order valence-corrected chi connectivity index (χ1v) is 7.36. The molecule has 0 bridgehead atoms. The molecule has 0 aromatic rings. The van der Waals surface area contributed by atoms with Gasteiger partial charge in [0.15, 0.2) is 0 Å². The zero-order valence-corrected chi connectivity index (χ0v) is 13.3. The summed E-state index contributed by atoms with van der Waals surface area (Å²) in [7, 11) is 0. The number of rotatable bonds is 3. The number of amides is 2. The van der Waals surface area contributed by atoms with Gasteiger partial charge in [-0.2, -0.15) is 5.26 Å². The van der Waals surface area contributed by atoms with Crippen LogP contribution in [0.4, 0.5) is 4.79 Å². The Labute approximate surface area is 126 Å². The number of likely N-dealkylation sites (tertiary alicyclic amines) is 1. The number of hydrogen-bond donors (Lipinski definition) is 1. The molecule has 0 aromatic carbocycles. The van der Waals surface area contributed by atoms with E-state index in [0.29, 0.717) is 19.0 Å². The van der Waals surface area contributed by atoms with Crippen molar-refractivity contribution in [2.24, 2.45) is 5.92 Å². The second-order valence-corrected chi connectivity index (χ2v) is 6.59. The molecule has 0 aromatic heterocycles. The highest BCUT2D eigenvalue weighted by Crippen LogP contribution is 2.22. The van der Waals surface area contributed by atoms with Crippen molar-refractivity contribution in [1.82, 2.24) is 10.2 Å². The van der Waals surface area contributed by atoms with Crippen LogP contribution in [0.5, 0.6) is 0 Å². The van der Waals surface area contributed by atoms with Crippen LogP contribution in [0.25, 0.3) is 0 Å². The molecule has 2 unspecified atom stereocenters. The summed E-state index contributed by atoms with van der Waals surface area (Å²) in [5, 5.41) is 11.4. The maximum atomic E-state index is 11.9. The highest BCUT2D eigenvalue weighted by Gasteiger charge is 2.30. The lowest BCUT2D eigenvalue weighted by Crippen LogP contribution is -2.51. The number of carbonyl (C=O) groups excluding carboxylic acids is 2. The first-order chi connectivity index (χ1) is 9.73. The summed E-state index contributed by atoms with van der Waals surface area (Å²) in [5.74, 6) is 0.335. The van der Waals surface area contributed by atoms with Crippen molar-refractivity contribution in [3.05, 3.63) is 0 Å². The average Bonchev–Trinajstić information content (AvgIpc) is 2.34. The number of alkyl carbamates (subject to hydrolysis) is 1. The summed E-state index contributed by atoms with van der Waals surface area (Å²) in [6, 6.07) is 1.82.